The number of pyridine rings is 1. The number of nitrogens with zero attached hydrogens (tertiary/aromatic N) is 3. The lowest BCUT2D eigenvalue weighted by Gasteiger charge is -2.39. The molecule has 4 rings (SSSR count). The molecule has 1 aromatic carbocycles. The number of nitrogens with one attached hydrogen (secondary N) is 1. The summed E-state index contributed by atoms with van der Waals surface area (Å²) in [4.78, 5) is 6.42. The molecule has 0 unspecified atom stereocenters. The van der Waals surface area contributed by atoms with E-state index in [9.17, 15) is 0 Å². The first-order valence-corrected chi connectivity index (χ1v) is 8.82. The SMILES string of the molecule is Cc1ccc(NC(=S)N2CCn3cccc3[C@@H]2c2ccncc2)cc1. The maximum atomic E-state index is 5.76. The Labute approximate surface area is 153 Å². The maximum Gasteiger partial charge on any atom is 0.174 e. The third kappa shape index (κ3) is 3.15. The summed E-state index contributed by atoms with van der Waals surface area (Å²) >= 11 is 5.76. The zero-order valence-electron chi connectivity index (χ0n) is 14.1. The Kier molecular flexibility index (Phi) is 4.24. The molecule has 126 valence electrons. The van der Waals surface area contributed by atoms with Gasteiger partial charge in [0.1, 0.15) is 0 Å². The van der Waals surface area contributed by atoms with Crippen LogP contribution in [0.15, 0.2) is 67.1 Å². The molecular formula is C20H20N4S. The molecule has 0 aliphatic carbocycles. The normalized spacial score (nSPS) is 16.4. The molecule has 0 radical (unpaired) electrons. The topological polar surface area (TPSA) is 33.1 Å². The Hall–Kier alpha value is -2.66. The Bertz CT molecular complexity index is 870. The largest absolute Gasteiger partial charge is 0.348 e. The first-order valence-electron chi connectivity index (χ1n) is 8.41. The third-order valence-corrected chi connectivity index (χ3v) is 4.96. The van der Waals surface area contributed by atoms with E-state index in [2.05, 4.69) is 81.4 Å². The fourth-order valence-corrected chi connectivity index (χ4v) is 3.65. The van der Waals surface area contributed by atoms with E-state index in [1.165, 1.54) is 16.8 Å². The van der Waals surface area contributed by atoms with Crippen LogP contribution in [0.5, 0.6) is 0 Å². The molecule has 0 saturated heterocycles. The molecule has 5 heteroatoms. The average molecular weight is 348 g/mol. The van der Waals surface area contributed by atoms with Crippen LogP contribution < -0.4 is 5.32 Å². The summed E-state index contributed by atoms with van der Waals surface area (Å²) in [5.74, 6) is 0. The van der Waals surface area contributed by atoms with Crippen molar-refractivity contribution in [2.24, 2.45) is 0 Å². The van der Waals surface area contributed by atoms with Crippen molar-refractivity contribution in [3.63, 3.8) is 0 Å². The summed E-state index contributed by atoms with van der Waals surface area (Å²) in [5.41, 5.74) is 4.71. The van der Waals surface area contributed by atoms with Gasteiger partial charge in [-0.05, 0) is 61.1 Å². The second-order valence-electron chi connectivity index (χ2n) is 6.30. The summed E-state index contributed by atoms with van der Waals surface area (Å²) in [7, 11) is 0. The van der Waals surface area contributed by atoms with Crippen molar-refractivity contribution < 1.29 is 0 Å². The molecule has 0 spiro atoms. The molecule has 1 N–H and O–H groups in total. The average Bonchev–Trinajstić information content (AvgIpc) is 3.12. The zero-order chi connectivity index (χ0) is 17.2. The third-order valence-electron chi connectivity index (χ3n) is 4.62. The highest BCUT2D eigenvalue weighted by atomic mass is 32.1. The number of benzene rings is 1. The second kappa shape index (κ2) is 6.69. The summed E-state index contributed by atoms with van der Waals surface area (Å²) in [6.07, 6.45) is 5.81. The van der Waals surface area contributed by atoms with E-state index >= 15 is 0 Å². The van der Waals surface area contributed by atoms with E-state index in [0.717, 1.165) is 23.9 Å². The maximum absolute atomic E-state index is 5.76. The Morgan fingerprint density at radius 3 is 2.60 bits per heavy atom. The number of rotatable bonds is 2. The molecule has 0 saturated carbocycles. The van der Waals surface area contributed by atoms with E-state index in [4.69, 9.17) is 12.2 Å². The van der Waals surface area contributed by atoms with Crippen molar-refractivity contribution in [2.75, 3.05) is 11.9 Å². The fourth-order valence-electron chi connectivity index (χ4n) is 3.33. The van der Waals surface area contributed by atoms with Crippen molar-refractivity contribution in [1.29, 1.82) is 0 Å². The molecule has 4 nitrogen and oxygen atoms in total. The minimum absolute atomic E-state index is 0.0946. The molecule has 1 atom stereocenters. The second-order valence-corrected chi connectivity index (χ2v) is 6.69. The van der Waals surface area contributed by atoms with Crippen LogP contribution in [-0.4, -0.2) is 26.1 Å². The summed E-state index contributed by atoms with van der Waals surface area (Å²) < 4.78 is 2.30. The lowest BCUT2D eigenvalue weighted by atomic mass is 10.0. The van der Waals surface area contributed by atoms with Gasteiger partial charge in [0.2, 0.25) is 0 Å². The highest BCUT2D eigenvalue weighted by molar-refractivity contribution is 7.80. The molecule has 3 aromatic rings. The fraction of sp³-hybridized carbons (Fsp3) is 0.200. The van der Waals surface area contributed by atoms with Crippen molar-refractivity contribution in [1.82, 2.24) is 14.5 Å². The molecular weight excluding hydrogens is 328 g/mol. The summed E-state index contributed by atoms with van der Waals surface area (Å²) in [6.45, 7) is 3.88. The van der Waals surface area contributed by atoms with Crippen molar-refractivity contribution >= 4 is 23.0 Å². The first-order chi connectivity index (χ1) is 12.2. The van der Waals surface area contributed by atoms with E-state index in [0.29, 0.717) is 0 Å². The van der Waals surface area contributed by atoms with E-state index in [1.54, 1.807) is 0 Å². The lowest BCUT2D eigenvalue weighted by Crippen LogP contribution is -2.44. The minimum atomic E-state index is 0.0946. The Morgan fingerprint density at radius 1 is 1.08 bits per heavy atom. The van der Waals surface area contributed by atoms with Gasteiger partial charge in [-0.25, -0.2) is 0 Å². The molecule has 1 aliphatic heterocycles. The van der Waals surface area contributed by atoms with Crippen LogP contribution in [0.1, 0.15) is 22.9 Å². The molecule has 0 fully saturated rings. The zero-order valence-corrected chi connectivity index (χ0v) is 14.9. The number of fused-ring (bicyclic) bond motifs is 1. The smallest absolute Gasteiger partial charge is 0.174 e. The standard InChI is InChI=1S/C20H20N4S/c1-15-4-6-17(7-5-15)22-20(25)24-14-13-23-12-2-3-18(23)19(24)16-8-10-21-11-9-16/h2-12,19H,13-14H2,1H3,(H,22,25)/t19-/m0/s1. The number of aryl methyl sites for hydroxylation is 1. The van der Waals surface area contributed by atoms with Crippen molar-refractivity contribution in [2.45, 2.75) is 19.5 Å². The van der Waals surface area contributed by atoms with Gasteiger partial charge in [-0.15, -0.1) is 0 Å². The van der Waals surface area contributed by atoms with Crippen LogP contribution in [0.4, 0.5) is 5.69 Å². The van der Waals surface area contributed by atoms with Gasteiger partial charge in [0.15, 0.2) is 5.11 Å². The lowest BCUT2D eigenvalue weighted by molar-refractivity contribution is 0.293. The van der Waals surface area contributed by atoms with E-state index in [1.807, 2.05) is 12.4 Å². The van der Waals surface area contributed by atoms with Gasteiger partial charge in [0.05, 0.1) is 6.04 Å². The quantitative estimate of drug-likeness (QED) is 0.710. The van der Waals surface area contributed by atoms with Crippen LogP contribution in [0, 0.1) is 6.92 Å². The van der Waals surface area contributed by atoms with Gasteiger partial charge in [-0.1, -0.05) is 17.7 Å². The number of anilines is 1. The molecule has 1 aliphatic rings. The van der Waals surface area contributed by atoms with Gasteiger partial charge >= 0.3 is 0 Å². The van der Waals surface area contributed by atoms with Crippen LogP contribution in [0.25, 0.3) is 0 Å². The monoisotopic (exact) mass is 348 g/mol. The number of hydrogen-bond donors (Lipinski definition) is 1. The van der Waals surface area contributed by atoms with Crippen LogP contribution in [0.3, 0.4) is 0 Å². The van der Waals surface area contributed by atoms with Crippen LogP contribution >= 0.6 is 12.2 Å². The van der Waals surface area contributed by atoms with Crippen molar-refractivity contribution in [3.8, 4) is 0 Å². The highest BCUT2D eigenvalue weighted by Crippen LogP contribution is 2.32. The molecule has 3 heterocycles. The molecule has 0 amide bonds. The number of aromatic nitrogens is 2. The molecule has 0 bridgehead atoms. The van der Waals surface area contributed by atoms with Gasteiger partial charge in [-0.2, -0.15) is 0 Å². The van der Waals surface area contributed by atoms with Gasteiger partial charge < -0.3 is 14.8 Å². The predicted octanol–water partition coefficient (Wildman–Crippen LogP) is 3.99. The van der Waals surface area contributed by atoms with Crippen LogP contribution in [0.2, 0.25) is 0 Å². The van der Waals surface area contributed by atoms with Gasteiger partial charge in [-0.3, -0.25) is 4.98 Å². The van der Waals surface area contributed by atoms with Gasteiger partial charge in [0.25, 0.3) is 0 Å². The molecule has 25 heavy (non-hydrogen) atoms. The highest BCUT2D eigenvalue weighted by Gasteiger charge is 2.30. The van der Waals surface area contributed by atoms with Gasteiger partial charge in [0, 0.05) is 43.1 Å². The number of hydrogen-bond acceptors (Lipinski definition) is 2. The number of thiocarbonyl (C=S) groups is 1. The molecule has 2 aromatic heterocycles. The first kappa shape index (κ1) is 15.8. The van der Waals surface area contributed by atoms with Crippen LogP contribution in [-0.2, 0) is 6.54 Å². The summed E-state index contributed by atoms with van der Waals surface area (Å²) in [5, 5.41) is 4.14. The van der Waals surface area contributed by atoms with Crippen molar-refractivity contribution in [3.05, 3.63) is 83.9 Å². The summed E-state index contributed by atoms with van der Waals surface area (Å²) in [6, 6.07) is 16.8. The Balaban J connectivity index is 1.65. The van der Waals surface area contributed by atoms with E-state index in [-0.39, 0.29) is 6.04 Å². The van der Waals surface area contributed by atoms with E-state index < -0.39 is 0 Å². The minimum Gasteiger partial charge on any atom is -0.348 e. The Morgan fingerprint density at radius 2 is 1.84 bits per heavy atom. The predicted molar refractivity (Wildman–Crippen MR) is 105 cm³/mol.